The molecule has 15 heavy (non-hydrogen) atoms. The highest BCUT2D eigenvalue weighted by molar-refractivity contribution is 9.10. The molecular weight excluding hydrogens is 265 g/mol. The Bertz CT molecular complexity index is 415. The van der Waals surface area contributed by atoms with Gasteiger partial charge >= 0.3 is 0 Å². The molecule has 0 spiro atoms. The molecule has 1 rings (SSSR count). The van der Waals surface area contributed by atoms with Crippen LogP contribution in [0.25, 0.3) is 0 Å². The van der Waals surface area contributed by atoms with Crippen molar-refractivity contribution in [2.45, 2.75) is 12.8 Å². The standard InChI is InChI=1S/C10H9BrFNO2/c11-8-4-9(12)7(5-13)10(15)6(8)2-1-3-14/h4,14-15H,1-3H2. The van der Waals surface area contributed by atoms with Gasteiger partial charge in [-0.25, -0.2) is 4.39 Å². The summed E-state index contributed by atoms with van der Waals surface area (Å²) in [5.74, 6) is -1.10. The summed E-state index contributed by atoms with van der Waals surface area (Å²) in [5, 5.41) is 26.9. The number of phenols is 1. The lowest BCUT2D eigenvalue weighted by molar-refractivity contribution is 0.288. The molecule has 0 bridgehead atoms. The van der Waals surface area contributed by atoms with Gasteiger partial charge in [0.25, 0.3) is 0 Å². The van der Waals surface area contributed by atoms with Gasteiger partial charge in [0.15, 0.2) is 0 Å². The van der Waals surface area contributed by atoms with Gasteiger partial charge in [0.05, 0.1) is 0 Å². The number of aliphatic hydroxyl groups excluding tert-OH is 1. The number of nitriles is 1. The van der Waals surface area contributed by atoms with Gasteiger partial charge in [-0.15, -0.1) is 0 Å². The second-order valence-corrected chi connectivity index (χ2v) is 3.84. The maximum Gasteiger partial charge on any atom is 0.145 e. The molecule has 1 aromatic rings. The Morgan fingerprint density at radius 2 is 2.20 bits per heavy atom. The van der Waals surface area contributed by atoms with Gasteiger partial charge in [-0.1, -0.05) is 15.9 Å². The highest BCUT2D eigenvalue weighted by Crippen LogP contribution is 2.32. The number of hydrogen-bond acceptors (Lipinski definition) is 3. The van der Waals surface area contributed by atoms with E-state index in [-0.39, 0.29) is 17.9 Å². The Morgan fingerprint density at radius 1 is 1.53 bits per heavy atom. The van der Waals surface area contributed by atoms with Crippen LogP contribution < -0.4 is 0 Å². The van der Waals surface area contributed by atoms with Gasteiger partial charge in [-0.05, 0) is 18.9 Å². The molecule has 0 fully saturated rings. The zero-order chi connectivity index (χ0) is 11.4. The molecule has 2 N–H and O–H groups in total. The summed E-state index contributed by atoms with van der Waals surface area (Å²) in [6, 6.07) is 2.74. The van der Waals surface area contributed by atoms with E-state index in [4.69, 9.17) is 10.4 Å². The van der Waals surface area contributed by atoms with Crippen LogP contribution in [0.15, 0.2) is 10.5 Å². The highest BCUT2D eigenvalue weighted by Gasteiger charge is 2.15. The number of rotatable bonds is 3. The average Bonchev–Trinajstić information content (AvgIpc) is 2.17. The Labute approximate surface area is 94.9 Å². The van der Waals surface area contributed by atoms with E-state index in [2.05, 4.69) is 15.9 Å². The highest BCUT2D eigenvalue weighted by atomic mass is 79.9. The van der Waals surface area contributed by atoms with Crippen LogP contribution in [-0.2, 0) is 6.42 Å². The molecule has 0 aliphatic heterocycles. The minimum Gasteiger partial charge on any atom is -0.506 e. The van der Waals surface area contributed by atoms with Crippen molar-refractivity contribution in [3.8, 4) is 11.8 Å². The summed E-state index contributed by atoms with van der Waals surface area (Å²) in [5.41, 5.74) is 0.0909. The molecule has 0 unspecified atom stereocenters. The molecule has 0 aliphatic rings. The van der Waals surface area contributed by atoms with Crippen LogP contribution in [-0.4, -0.2) is 16.8 Å². The fourth-order valence-corrected chi connectivity index (χ4v) is 1.83. The number of phenolic OH excluding ortho intramolecular Hbond substituents is 1. The monoisotopic (exact) mass is 273 g/mol. The maximum atomic E-state index is 13.2. The molecule has 0 atom stereocenters. The largest absolute Gasteiger partial charge is 0.506 e. The predicted molar refractivity (Wildman–Crippen MR) is 55.9 cm³/mol. The van der Waals surface area contributed by atoms with Crippen LogP contribution in [0.5, 0.6) is 5.75 Å². The Morgan fingerprint density at radius 3 is 2.73 bits per heavy atom. The summed E-state index contributed by atoms with van der Waals surface area (Å²) < 4.78 is 13.6. The van der Waals surface area contributed by atoms with E-state index < -0.39 is 5.82 Å². The molecule has 0 amide bonds. The predicted octanol–water partition coefficient (Wildman–Crippen LogP) is 2.09. The van der Waals surface area contributed by atoms with Crippen molar-refractivity contribution in [3.63, 3.8) is 0 Å². The summed E-state index contributed by atoms with van der Waals surface area (Å²) >= 11 is 3.10. The molecule has 1 aromatic carbocycles. The first-order valence-corrected chi connectivity index (χ1v) is 5.12. The molecule has 0 heterocycles. The smallest absolute Gasteiger partial charge is 0.145 e. The fraction of sp³-hybridized carbons (Fsp3) is 0.300. The molecule has 5 heteroatoms. The topological polar surface area (TPSA) is 64.2 Å². The van der Waals surface area contributed by atoms with Gasteiger partial charge in [0.1, 0.15) is 23.2 Å². The number of benzene rings is 1. The van der Waals surface area contributed by atoms with Crippen LogP contribution >= 0.6 is 15.9 Å². The summed E-state index contributed by atoms with van der Waals surface area (Å²) in [7, 11) is 0. The third-order valence-electron chi connectivity index (χ3n) is 2.00. The van der Waals surface area contributed by atoms with Gasteiger partial charge in [0, 0.05) is 16.6 Å². The van der Waals surface area contributed by atoms with E-state index in [0.717, 1.165) is 6.07 Å². The zero-order valence-electron chi connectivity index (χ0n) is 7.80. The Kier molecular flexibility index (Phi) is 4.06. The van der Waals surface area contributed by atoms with Crippen LogP contribution in [0.3, 0.4) is 0 Å². The third-order valence-corrected chi connectivity index (χ3v) is 2.71. The molecule has 0 radical (unpaired) electrons. The maximum absolute atomic E-state index is 13.2. The first kappa shape index (κ1) is 12.0. The summed E-state index contributed by atoms with van der Waals surface area (Å²) in [6.07, 6.45) is 0.834. The number of halogens is 2. The van der Waals surface area contributed by atoms with E-state index in [9.17, 15) is 9.50 Å². The van der Waals surface area contributed by atoms with E-state index in [0.29, 0.717) is 22.9 Å². The van der Waals surface area contributed by atoms with E-state index in [1.54, 1.807) is 6.07 Å². The van der Waals surface area contributed by atoms with Crippen molar-refractivity contribution in [2.75, 3.05) is 6.61 Å². The first-order chi connectivity index (χ1) is 7.11. The molecule has 0 aliphatic carbocycles. The average molecular weight is 274 g/mol. The van der Waals surface area contributed by atoms with Crippen molar-refractivity contribution in [1.29, 1.82) is 5.26 Å². The van der Waals surface area contributed by atoms with Crippen molar-refractivity contribution in [1.82, 2.24) is 0 Å². The van der Waals surface area contributed by atoms with Crippen molar-refractivity contribution in [2.24, 2.45) is 0 Å². The van der Waals surface area contributed by atoms with E-state index >= 15 is 0 Å². The Hall–Kier alpha value is -1.12. The van der Waals surface area contributed by atoms with E-state index in [1.807, 2.05) is 0 Å². The zero-order valence-corrected chi connectivity index (χ0v) is 9.38. The molecule has 3 nitrogen and oxygen atoms in total. The number of aliphatic hydroxyl groups is 1. The molecule has 0 aromatic heterocycles. The lowest BCUT2D eigenvalue weighted by Gasteiger charge is -2.08. The molecule has 0 saturated heterocycles. The minimum atomic E-state index is -0.755. The van der Waals surface area contributed by atoms with E-state index in [1.165, 1.54) is 0 Å². The summed E-state index contributed by atoms with van der Waals surface area (Å²) in [6.45, 7) is -0.0227. The SMILES string of the molecule is N#Cc1c(F)cc(Br)c(CCCO)c1O. The van der Waals surface area contributed by atoms with Crippen LogP contribution in [0.2, 0.25) is 0 Å². The van der Waals surface area contributed by atoms with Crippen LogP contribution in [0.1, 0.15) is 17.5 Å². The minimum absolute atomic E-state index is 0.0227. The van der Waals surface area contributed by atoms with Crippen molar-refractivity contribution >= 4 is 15.9 Å². The van der Waals surface area contributed by atoms with Crippen LogP contribution in [0.4, 0.5) is 4.39 Å². The number of nitrogens with zero attached hydrogens (tertiary/aromatic N) is 1. The lowest BCUT2D eigenvalue weighted by Crippen LogP contribution is -1.96. The van der Waals surface area contributed by atoms with Gasteiger partial charge in [-0.3, -0.25) is 0 Å². The van der Waals surface area contributed by atoms with Gasteiger partial charge in [0.2, 0.25) is 0 Å². The normalized spacial score (nSPS) is 10.0. The van der Waals surface area contributed by atoms with Gasteiger partial charge in [-0.2, -0.15) is 5.26 Å². The lowest BCUT2D eigenvalue weighted by atomic mass is 10.0. The quantitative estimate of drug-likeness (QED) is 0.887. The molecule has 80 valence electrons. The van der Waals surface area contributed by atoms with Crippen molar-refractivity contribution < 1.29 is 14.6 Å². The Balaban J connectivity index is 3.21. The first-order valence-electron chi connectivity index (χ1n) is 4.32. The fourth-order valence-electron chi connectivity index (χ4n) is 1.25. The number of aromatic hydroxyl groups is 1. The molecular formula is C10H9BrFNO2. The third kappa shape index (κ3) is 2.46. The van der Waals surface area contributed by atoms with Gasteiger partial charge < -0.3 is 10.2 Å². The summed E-state index contributed by atoms with van der Waals surface area (Å²) in [4.78, 5) is 0. The second kappa shape index (κ2) is 5.10. The second-order valence-electron chi connectivity index (χ2n) is 2.98. The van der Waals surface area contributed by atoms with Crippen molar-refractivity contribution in [3.05, 3.63) is 27.5 Å². The number of hydrogen-bond donors (Lipinski definition) is 2. The molecule has 0 saturated carbocycles. The van der Waals surface area contributed by atoms with Crippen LogP contribution in [0, 0.1) is 17.1 Å².